The first-order valence-electron chi connectivity index (χ1n) is 6.22. The molecule has 3 nitrogen and oxygen atoms in total. The summed E-state index contributed by atoms with van der Waals surface area (Å²) in [5.41, 5.74) is 5.23. The van der Waals surface area contributed by atoms with Crippen molar-refractivity contribution in [1.82, 2.24) is 4.90 Å². The van der Waals surface area contributed by atoms with E-state index in [1.165, 1.54) is 4.88 Å². The lowest BCUT2D eigenvalue weighted by Gasteiger charge is -2.42. The van der Waals surface area contributed by atoms with Crippen LogP contribution in [0.1, 0.15) is 31.1 Å². The monoisotopic (exact) mass is 282 g/mol. The molecule has 0 unspecified atom stereocenters. The first-order valence-corrected chi connectivity index (χ1v) is 7.50. The number of thiocarbonyl (C=S) groups is 1. The van der Waals surface area contributed by atoms with E-state index in [4.69, 9.17) is 18.0 Å². The van der Waals surface area contributed by atoms with Crippen molar-refractivity contribution in [3.05, 3.63) is 22.4 Å². The summed E-state index contributed by atoms with van der Waals surface area (Å²) < 4.78 is 0. The SMILES string of the molecule is CCN(Cc1cccs1)C(=O)C1(C(N)=S)CCC1. The van der Waals surface area contributed by atoms with Crippen molar-refractivity contribution in [2.24, 2.45) is 11.1 Å². The summed E-state index contributed by atoms with van der Waals surface area (Å²) in [6.45, 7) is 3.36. The van der Waals surface area contributed by atoms with Gasteiger partial charge in [0.05, 0.1) is 16.9 Å². The Balaban J connectivity index is 2.12. The van der Waals surface area contributed by atoms with Gasteiger partial charge in [-0.1, -0.05) is 24.7 Å². The van der Waals surface area contributed by atoms with E-state index in [1.54, 1.807) is 11.3 Å². The topological polar surface area (TPSA) is 46.3 Å². The Morgan fingerprint density at radius 1 is 1.61 bits per heavy atom. The number of amides is 1. The van der Waals surface area contributed by atoms with Crippen LogP contribution in [-0.4, -0.2) is 22.3 Å². The molecule has 5 heteroatoms. The zero-order chi connectivity index (χ0) is 13.2. The van der Waals surface area contributed by atoms with Gasteiger partial charge in [-0.15, -0.1) is 11.3 Å². The summed E-state index contributed by atoms with van der Waals surface area (Å²) in [4.78, 5) is 16.0. The highest BCUT2D eigenvalue weighted by atomic mass is 32.1. The highest BCUT2D eigenvalue weighted by Gasteiger charge is 2.48. The molecule has 1 saturated carbocycles. The van der Waals surface area contributed by atoms with Gasteiger partial charge < -0.3 is 10.6 Å². The Morgan fingerprint density at radius 3 is 2.72 bits per heavy atom. The molecule has 18 heavy (non-hydrogen) atoms. The molecule has 1 aromatic rings. The molecule has 0 aromatic carbocycles. The van der Waals surface area contributed by atoms with E-state index in [0.717, 1.165) is 19.3 Å². The van der Waals surface area contributed by atoms with Crippen molar-refractivity contribution in [3.63, 3.8) is 0 Å². The zero-order valence-corrected chi connectivity index (χ0v) is 12.1. The average molecular weight is 282 g/mol. The Bertz CT molecular complexity index is 438. The van der Waals surface area contributed by atoms with E-state index in [2.05, 4.69) is 6.07 Å². The summed E-state index contributed by atoms with van der Waals surface area (Å²) in [5, 5.41) is 2.03. The van der Waals surface area contributed by atoms with Crippen molar-refractivity contribution in [3.8, 4) is 0 Å². The predicted octanol–water partition coefficient (Wildman–Crippen LogP) is 2.55. The van der Waals surface area contributed by atoms with E-state index in [0.29, 0.717) is 18.1 Å². The highest BCUT2D eigenvalue weighted by molar-refractivity contribution is 7.80. The fourth-order valence-corrected chi connectivity index (χ4v) is 3.33. The summed E-state index contributed by atoms with van der Waals surface area (Å²) in [6.07, 6.45) is 2.66. The normalized spacial score (nSPS) is 16.9. The lowest BCUT2D eigenvalue weighted by Crippen LogP contribution is -2.54. The molecule has 0 spiro atoms. The Morgan fingerprint density at radius 2 is 2.33 bits per heavy atom. The number of nitrogens with two attached hydrogens (primary N) is 1. The van der Waals surface area contributed by atoms with Crippen LogP contribution in [0.5, 0.6) is 0 Å². The quantitative estimate of drug-likeness (QED) is 0.844. The first-order chi connectivity index (χ1) is 8.60. The largest absolute Gasteiger partial charge is 0.392 e. The molecule has 0 bridgehead atoms. The summed E-state index contributed by atoms with van der Waals surface area (Å²) in [7, 11) is 0. The number of carbonyl (C=O) groups excluding carboxylic acids is 1. The van der Waals surface area contributed by atoms with E-state index in [-0.39, 0.29) is 5.91 Å². The maximum absolute atomic E-state index is 12.6. The van der Waals surface area contributed by atoms with Gasteiger partial charge in [0, 0.05) is 11.4 Å². The molecule has 0 atom stereocenters. The minimum absolute atomic E-state index is 0.108. The van der Waals surface area contributed by atoms with Crippen molar-refractivity contribution in [2.45, 2.75) is 32.7 Å². The van der Waals surface area contributed by atoms with Crippen LogP contribution in [0, 0.1) is 5.41 Å². The Kier molecular flexibility index (Phi) is 4.02. The molecular formula is C13H18N2OS2. The standard InChI is InChI=1S/C13H18N2OS2/c1-2-15(9-10-5-3-8-18-10)12(16)13(11(14)17)6-4-7-13/h3,5,8H,2,4,6-7,9H2,1H3,(H2,14,17). The Hall–Kier alpha value is -0.940. The number of carbonyl (C=O) groups is 1. The van der Waals surface area contributed by atoms with Crippen LogP contribution in [0.3, 0.4) is 0 Å². The number of nitrogens with zero attached hydrogens (tertiary/aromatic N) is 1. The van der Waals surface area contributed by atoms with E-state index >= 15 is 0 Å². The second-order valence-corrected chi connectivity index (χ2v) is 6.17. The highest BCUT2D eigenvalue weighted by Crippen LogP contribution is 2.43. The molecule has 1 fully saturated rings. The third kappa shape index (κ3) is 2.29. The predicted molar refractivity (Wildman–Crippen MR) is 78.5 cm³/mol. The molecule has 0 aliphatic heterocycles. The number of rotatable bonds is 5. The minimum Gasteiger partial charge on any atom is -0.392 e. The Labute approximate surface area is 117 Å². The van der Waals surface area contributed by atoms with Crippen molar-refractivity contribution >= 4 is 34.5 Å². The van der Waals surface area contributed by atoms with Crippen molar-refractivity contribution < 1.29 is 4.79 Å². The molecule has 0 saturated heterocycles. The summed E-state index contributed by atoms with van der Waals surface area (Å²) in [6, 6.07) is 4.06. The molecule has 1 amide bonds. The number of hydrogen-bond acceptors (Lipinski definition) is 3. The van der Waals surface area contributed by atoms with Crippen LogP contribution < -0.4 is 5.73 Å². The van der Waals surface area contributed by atoms with Gasteiger partial charge in [-0.05, 0) is 31.2 Å². The molecule has 0 radical (unpaired) electrons. The minimum atomic E-state index is -0.553. The van der Waals surface area contributed by atoms with Gasteiger partial charge in [0.2, 0.25) is 5.91 Å². The molecule has 1 aliphatic carbocycles. The van der Waals surface area contributed by atoms with Gasteiger partial charge in [0.25, 0.3) is 0 Å². The van der Waals surface area contributed by atoms with E-state index < -0.39 is 5.41 Å². The van der Waals surface area contributed by atoms with Crippen LogP contribution in [-0.2, 0) is 11.3 Å². The van der Waals surface area contributed by atoms with Gasteiger partial charge in [-0.2, -0.15) is 0 Å². The third-order valence-corrected chi connectivity index (χ3v) is 4.94. The molecule has 1 heterocycles. The van der Waals surface area contributed by atoms with Gasteiger partial charge in [-0.25, -0.2) is 0 Å². The van der Waals surface area contributed by atoms with Crippen molar-refractivity contribution in [1.29, 1.82) is 0 Å². The summed E-state index contributed by atoms with van der Waals surface area (Å²) >= 11 is 6.78. The van der Waals surface area contributed by atoms with Crippen molar-refractivity contribution in [2.75, 3.05) is 6.54 Å². The molecule has 1 aromatic heterocycles. The second-order valence-electron chi connectivity index (χ2n) is 4.70. The molecule has 98 valence electrons. The number of thiophene rings is 1. The third-order valence-electron chi connectivity index (χ3n) is 3.68. The fraction of sp³-hybridized carbons (Fsp3) is 0.538. The van der Waals surface area contributed by atoms with Crippen LogP contribution in [0.15, 0.2) is 17.5 Å². The van der Waals surface area contributed by atoms with Crippen LogP contribution in [0.2, 0.25) is 0 Å². The molecular weight excluding hydrogens is 264 g/mol. The average Bonchev–Trinajstić information content (AvgIpc) is 2.76. The molecule has 1 aliphatic rings. The fourth-order valence-electron chi connectivity index (χ4n) is 2.32. The maximum Gasteiger partial charge on any atom is 0.235 e. The van der Waals surface area contributed by atoms with E-state index in [9.17, 15) is 4.79 Å². The lowest BCUT2D eigenvalue weighted by atomic mass is 9.67. The van der Waals surface area contributed by atoms with Crippen LogP contribution in [0.4, 0.5) is 0 Å². The smallest absolute Gasteiger partial charge is 0.235 e. The maximum atomic E-state index is 12.6. The lowest BCUT2D eigenvalue weighted by molar-refractivity contribution is -0.142. The molecule has 2 N–H and O–H groups in total. The second kappa shape index (κ2) is 5.36. The van der Waals surface area contributed by atoms with Gasteiger partial charge in [-0.3, -0.25) is 4.79 Å². The number of hydrogen-bond donors (Lipinski definition) is 1. The van der Waals surface area contributed by atoms with Gasteiger partial charge in [0.15, 0.2) is 0 Å². The molecule has 2 rings (SSSR count). The van der Waals surface area contributed by atoms with Crippen LogP contribution in [0.25, 0.3) is 0 Å². The van der Waals surface area contributed by atoms with E-state index in [1.807, 2.05) is 23.3 Å². The van der Waals surface area contributed by atoms with Gasteiger partial charge >= 0.3 is 0 Å². The van der Waals surface area contributed by atoms with Gasteiger partial charge in [0.1, 0.15) is 0 Å². The summed E-state index contributed by atoms with van der Waals surface area (Å²) in [5.74, 6) is 0.108. The first kappa shape index (κ1) is 13.5. The zero-order valence-electron chi connectivity index (χ0n) is 10.5. The van der Waals surface area contributed by atoms with Crippen LogP contribution >= 0.6 is 23.6 Å².